The summed E-state index contributed by atoms with van der Waals surface area (Å²) in [6, 6.07) is 11.0. The van der Waals surface area contributed by atoms with Gasteiger partial charge in [0.25, 0.3) is 15.9 Å². The summed E-state index contributed by atoms with van der Waals surface area (Å²) in [4.78, 5) is 11.8. The van der Waals surface area contributed by atoms with Crippen molar-refractivity contribution in [2.24, 2.45) is 0 Å². The van der Waals surface area contributed by atoms with Crippen molar-refractivity contribution < 1.29 is 35.5 Å². The van der Waals surface area contributed by atoms with Crippen LogP contribution in [0.15, 0.2) is 65.6 Å². The summed E-state index contributed by atoms with van der Waals surface area (Å²) in [5, 5.41) is 1.59. The summed E-state index contributed by atoms with van der Waals surface area (Å²) >= 11 is 11.6. The van der Waals surface area contributed by atoms with Gasteiger partial charge < -0.3 is 10.1 Å². The van der Waals surface area contributed by atoms with E-state index in [-0.39, 0.29) is 27.0 Å². The molecule has 0 unspecified atom stereocenters. The summed E-state index contributed by atoms with van der Waals surface area (Å²) in [6.45, 7) is -0.621. The van der Waals surface area contributed by atoms with Crippen molar-refractivity contribution in [3.8, 4) is 5.75 Å². The van der Waals surface area contributed by atoms with Gasteiger partial charge in [0.1, 0.15) is 11.6 Å². The zero-order chi connectivity index (χ0) is 25.1. The number of rotatable bonds is 7. The van der Waals surface area contributed by atoms with Gasteiger partial charge in [-0.25, -0.2) is 12.8 Å². The third-order valence-corrected chi connectivity index (χ3v) is 6.23. The zero-order valence-electron chi connectivity index (χ0n) is 16.8. The standard InChI is InChI=1S/C21H14Cl2F4N2O4S/c22-17-7-5-14(9-16(17)21(25,26)27)28-20(30)11-33-19-8-6-15(10-18(19)23)34(31,32)29-13-3-1-12(24)2-4-13/h1-10,29H,11H2,(H,28,30). The minimum Gasteiger partial charge on any atom is -0.482 e. The number of amides is 1. The van der Waals surface area contributed by atoms with Crippen molar-refractivity contribution in [1.82, 2.24) is 0 Å². The Morgan fingerprint density at radius 2 is 1.56 bits per heavy atom. The summed E-state index contributed by atoms with van der Waals surface area (Å²) in [6.07, 6.45) is -4.70. The first-order valence-electron chi connectivity index (χ1n) is 9.22. The molecule has 6 nitrogen and oxygen atoms in total. The maximum absolute atomic E-state index is 13.0. The molecule has 0 atom stereocenters. The number of benzene rings is 3. The first kappa shape index (κ1) is 25.6. The molecule has 180 valence electrons. The van der Waals surface area contributed by atoms with Gasteiger partial charge in [0.05, 0.1) is 20.5 Å². The van der Waals surface area contributed by atoms with Gasteiger partial charge >= 0.3 is 6.18 Å². The van der Waals surface area contributed by atoms with Crippen LogP contribution in [0.1, 0.15) is 5.56 Å². The average molecular weight is 537 g/mol. The van der Waals surface area contributed by atoms with Crippen molar-refractivity contribution >= 4 is 50.5 Å². The fourth-order valence-corrected chi connectivity index (χ4v) is 4.27. The van der Waals surface area contributed by atoms with E-state index < -0.39 is 45.1 Å². The number of halogens is 6. The topological polar surface area (TPSA) is 84.5 Å². The highest BCUT2D eigenvalue weighted by Crippen LogP contribution is 2.36. The SMILES string of the molecule is O=C(COc1ccc(S(=O)(=O)Nc2ccc(F)cc2)cc1Cl)Nc1ccc(Cl)c(C(F)(F)F)c1. The van der Waals surface area contributed by atoms with Crippen LogP contribution in [0, 0.1) is 5.82 Å². The molecule has 0 heterocycles. The molecule has 0 aliphatic carbocycles. The Hall–Kier alpha value is -3.02. The lowest BCUT2D eigenvalue weighted by Crippen LogP contribution is -2.20. The highest BCUT2D eigenvalue weighted by molar-refractivity contribution is 7.92. The van der Waals surface area contributed by atoms with Crippen molar-refractivity contribution in [3.63, 3.8) is 0 Å². The van der Waals surface area contributed by atoms with Crippen molar-refractivity contribution in [1.29, 1.82) is 0 Å². The molecule has 34 heavy (non-hydrogen) atoms. The lowest BCUT2D eigenvalue weighted by molar-refractivity contribution is -0.137. The third kappa shape index (κ3) is 6.52. The summed E-state index contributed by atoms with van der Waals surface area (Å²) < 4.78 is 84.3. The second-order valence-corrected chi connectivity index (χ2v) is 9.23. The van der Waals surface area contributed by atoms with Crippen molar-refractivity contribution in [3.05, 3.63) is 82.1 Å². The highest BCUT2D eigenvalue weighted by Gasteiger charge is 2.33. The number of sulfonamides is 1. The average Bonchev–Trinajstić information content (AvgIpc) is 2.75. The van der Waals surface area contributed by atoms with E-state index in [1.165, 1.54) is 30.3 Å². The maximum atomic E-state index is 13.0. The fraction of sp³-hybridized carbons (Fsp3) is 0.0952. The third-order valence-electron chi connectivity index (χ3n) is 4.22. The van der Waals surface area contributed by atoms with E-state index in [0.29, 0.717) is 6.07 Å². The Kier molecular flexibility index (Phi) is 7.59. The first-order chi connectivity index (χ1) is 15.8. The molecule has 0 aliphatic rings. The van der Waals surface area contributed by atoms with E-state index in [0.717, 1.165) is 24.3 Å². The molecule has 0 aromatic heterocycles. The summed E-state index contributed by atoms with van der Waals surface area (Å²) in [5.74, 6) is -1.36. The van der Waals surface area contributed by atoms with Gasteiger partial charge in [0.15, 0.2) is 6.61 Å². The minimum atomic E-state index is -4.70. The number of ether oxygens (including phenoxy) is 1. The van der Waals surface area contributed by atoms with E-state index in [1.807, 2.05) is 0 Å². The predicted molar refractivity (Wildman–Crippen MR) is 119 cm³/mol. The molecule has 3 rings (SSSR count). The van der Waals surface area contributed by atoms with Gasteiger partial charge in [-0.1, -0.05) is 23.2 Å². The molecule has 1 amide bonds. The predicted octanol–water partition coefficient (Wildman–Crippen LogP) is 5.97. The van der Waals surface area contributed by atoms with Gasteiger partial charge in [-0.2, -0.15) is 13.2 Å². The smallest absolute Gasteiger partial charge is 0.417 e. The van der Waals surface area contributed by atoms with Gasteiger partial charge in [-0.05, 0) is 60.7 Å². The largest absolute Gasteiger partial charge is 0.482 e. The van der Waals surface area contributed by atoms with Gasteiger partial charge in [0, 0.05) is 11.4 Å². The lowest BCUT2D eigenvalue weighted by atomic mass is 10.2. The molecule has 0 bridgehead atoms. The van der Waals surface area contributed by atoms with E-state index in [9.17, 15) is 30.8 Å². The van der Waals surface area contributed by atoms with Crippen LogP contribution >= 0.6 is 23.2 Å². The fourth-order valence-electron chi connectivity index (χ4n) is 2.66. The monoisotopic (exact) mass is 536 g/mol. The van der Waals surface area contributed by atoms with Crippen LogP contribution in [-0.4, -0.2) is 20.9 Å². The van der Waals surface area contributed by atoms with Crippen molar-refractivity contribution in [2.45, 2.75) is 11.1 Å². The van der Waals surface area contributed by atoms with Crippen LogP contribution in [0.25, 0.3) is 0 Å². The number of carbonyl (C=O) groups is 1. The Bertz CT molecular complexity index is 1320. The number of hydrogen-bond donors (Lipinski definition) is 2. The Morgan fingerprint density at radius 3 is 2.18 bits per heavy atom. The number of nitrogens with one attached hydrogen (secondary N) is 2. The molecule has 3 aromatic rings. The Morgan fingerprint density at radius 1 is 0.912 bits per heavy atom. The molecule has 2 N–H and O–H groups in total. The summed E-state index contributed by atoms with van der Waals surface area (Å²) in [7, 11) is -4.05. The Labute approximate surface area is 201 Å². The van der Waals surface area contributed by atoms with Crippen LogP contribution in [0.2, 0.25) is 10.0 Å². The molecular weight excluding hydrogens is 523 g/mol. The number of anilines is 2. The molecule has 0 fully saturated rings. The van der Waals surface area contributed by atoms with Crippen LogP contribution in [-0.2, 0) is 21.0 Å². The van der Waals surface area contributed by atoms with E-state index in [4.69, 9.17) is 27.9 Å². The molecule has 3 aromatic carbocycles. The minimum absolute atomic E-state index is 0.0374. The number of hydrogen-bond acceptors (Lipinski definition) is 4. The van der Waals surface area contributed by atoms with Gasteiger partial charge in [-0.15, -0.1) is 0 Å². The van der Waals surface area contributed by atoms with Gasteiger partial charge in [-0.3, -0.25) is 9.52 Å². The second kappa shape index (κ2) is 10.1. The van der Waals surface area contributed by atoms with Gasteiger partial charge in [0.2, 0.25) is 0 Å². The van der Waals surface area contributed by atoms with E-state index in [2.05, 4.69) is 10.0 Å². The molecule has 0 saturated heterocycles. The molecular formula is C21H14Cl2F4N2O4S. The highest BCUT2D eigenvalue weighted by atomic mass is 35.5. The second-order valence-electron chi connectivity index (χ2n) is 6.73. The van der Waals surface area contributed by atoms with Crippen LogP contribution in [0.3, 0.4) is 0 Å². The van der Waals surface area contributed by atoms with Crippen molar-refractivity contribution in [2.75, 3.05) is 16.6 Å². The lowest BCUT2D eigenvalue weighted by Gasteiger charge is -2.13. The molecule has 0 aliphatic heterocycles. The van der Waals surface area contributed by atoms with Crippen LogP contribution < -0.4 is 14.8 Å². The van der Waals surface area contributed by atoms with Crippen LogP contribution in [0.5, 0.6) is 5.75 Å². The molecule has 13 heteroatoms. The first-order valence-corrected chi connectivity index (χ1v) is 11.5. The van der Waals surface area contributed by atoms with Crippen LogP contribution in [0.4, 0.5) is 28.9 Å². The normalized spacial score (nSPS) is 11.7. The van der Waals surface area contributed by atoms with E-state index >= 15 is 0 Å². The Balaban J connectivity index is 1.65. The molecule has 0 saturated carbocycles. The number of alkyl halides is 3. The zero-order valence-corrected chi connectivity index (χ0v) is 19.1. The van der Waals surface area contributed by atoms with E-state index in [1.54, 1.807) is 0 Å². The maximum Gasteiger partial charge on any atom is 0.417 e. The summed E-state index contributed by atoms with van der Waals surface area (Å²) in [5.41, 5.74) is -1.13. The quantitative estimate of drug-likeness (QED) is 0.364. The number of carbonyl (C=O) groups excluding carboxylic acids is 1. The molecule has 0 spiro atoms. The molecule has 0 radical (unpaired) electrons.